The molecular weight excluding hydrogens is 415 g/mol. The summed E-state index contributed by atoms with van der Waals surface area (Å²) in [5.41, 5.74) is 3.15. The van der Waals surface area contributed by atoms with Crippen LogP contribution in [0.25, 0.3) is 0 Å². The number of benzene rings is 1. The first-order chi connectivity index (χ1) is 15.3. The molecule has 0 aliphatic carbocycles. The van der Waals surface area contributed by atoms with E-state index in [2.05, 4.69) is 4.98 Å². The number of alkyl halides is 3. The summed E-state index contributed by atoms with van der Waals surface area (Å²) in [7, 11) is 0. The molecule has 0 unspecified atom stereocenters. The highest BCUT2D eigenvalue weighted by Crippen LogP contribution is 2.31. The summed E-state index contributed by atoms with van der Waals surface area (Å²) in [6, 6.07) is 12.8. The Morgan fingerprint density at radius 1 is 1.12 bits per heavy atom. The van der Waals surface area contributed by atoms with Crippen molar-refractivity contribution < 1.29 is 18.0 Å². The normalized spacial score (nSPS) is 16.8. The van der Waals surface area contributed by atoms with Crippen molar-refractivity contribution in [3.05, 3.63) is 94.6 Å². The third-order valence-corrected chi connectivity index (χ3v) is 5.73. The number of aromatic nitrogens is 2. The minimum absolute atomic E-state index is 0.0420. The third-order valence-electron chi connectivity index (χ3n) is 5.73. The van der Waals surface area contributed by atoms with Crippen LogP contribution in [0.1, 0.15) is 57.2 Å². The zero-order chi connectivity index (χ0) is 22.7. The van der Waals surface area contributed by atoms with Gasteiger partial charge in [-0.05, 0) is 67.6 Å². The van der Waals surface area contributed by atoms with Crippen LogP contribution in [0.3, 0.4) is 0 Å². The molecule has 0 saturated carbocycles. The van der Waals surface area contributed by atoms with Crippen molar-refractivity contribution in [3.63, 3.8) is 0 Å². The Labute approximate surface area is 185 Å². The lowest BCUT2D eigenvalue weighted by Gasteiger charge is -2.32. The van der Waals surface area contributed by atoms with Gasteiger partial charge in [0.2, 0.25) is 0 Å². The number of hydrogen-bond acceptors (Lipinski definition) is 3. The molecule has 3 aromatic rings. The van der Waals surface area contributed by atoms with Crippen molar-refractivity contribution in [2.45, 2.75) is 38.3 Å². The first-order valence-corrected chi connectivity index (χ1v) is 10.6. The van der Waals surface area contributed by atoms with E-state index in [1.54, 1.807) is 30.6 Å². The van der Waals surface area contributed by atoms with E-state index in [4.69, 9.17) is 4.98 Å². The van der Waals surface area contributed by atoms with Crippen LogP contribution in [0.15, 0.2) is 60.9 Å². The number of nitrogens with zero attached hydrogens (tertiary/aromatic N) is 3. The average molecular weight is 439 g/mol. The van der Waals surface area contributed by atoms with Crippen molar-refractivity contribution in [3.8, 4) is 0 Å². The standard InChI is InChI=1S/C25H24F3N3O/c1-17-11-19(12-18-5-2-8-22(13-18)25(26,27)28)14-23(30-17)21-7-4-10-31(16-21)24(32)20-6-3-9-29-15-20/h2-3,5-6,8-9,11,13-15,21H,4,7,10,12,16H2,1H3/t21-/m1/s1. The number of halogens is 3. The summed E-state index contributed by atoms with van der Waals surface area (Å²) in [6.45, 7) is 3.14. The Bertz CT molecular complexity index is 1100. The Morgan fingerprint density at radius 2 is 1.97 bits per heavy atom. The molecule has 1 fully saturated rings. The molecule has 1 aliphatic rings. The van der Waals surface area contributed by atoms with Gasteiger partial charge in [0.15, 0.2) is 0 Å². The number of likely N-dealkylation sites (tertiary alicyclic amines) is 1. The molecular formula is C25H24F3N3O. The highest BCUT2D eigenvalue weighted by atomic mass is 19.4. The maximum atomic E-state index is 13.1. The first kappa shape index (κ1) is 22.0. The number of hydrogen-bond donors (Lipinski definition) is 0. The number of pyridine rings is 2. The SMILES string of the molecule is Cc1cc(Cc2cccc(C(F)(F)F)c2)cc([C@@H]2CCCN(C(=O)c3cccnc3)C2)n1. The van der Waals surface area contributed by atoms with Crippen molar-refractivity contribution in [1.29, 1.82) is 0 Å². The Balaban J connectivity index is 1.53. The first-order valence-electron chi connectivity index (χ1n) is 10.6. The van der Waals surface area contributed by atoms with E-state index in [0.717, 1.165) is 35.9 Å². The lowest BCUT2D eigenvalue weighted by atomic mass is 9.92. The number of rotatable bonds is 4. The molecule has 1 aromatic carbocycles. The van der Waals surface area contributed by atoms with Gasteiger partial charge in [0.25, 0.3) is 5.91 Å². The van der Waals surface area contributed by atoms with Gasteiger partial charge in [0.1, 0.15) is 0 Å². The summed E-state index contributed by atoms with van der Waals surface area (Å²) in [5, 5.41) is 0. The zero-order valence-corrected chi connectivity index (χ0v) is 17.8. The van der Waals surface area contributed by atoms with E-state index >= 15 is 0 Å². The summed E-state index contributed by atoms with van der Waals surface area (Å²) >= 11 is 0. The molecule has 0 N–H and O–H groups in total. The minimum Gasteiger partial charge on any atom is -0.338 e. The van der Waals surface area contributed by atoms with Gasteiger partial charge in [-0.15, -0.1) is 0 Å². The zero-order valence-electron chi connectivity index (χ0n) is 17.8. The molecule has 0 spiro atoms. The number of carbonyl (C=O) groups excluding carboxylic acids is 1. The molecule has 4 nitrogen and oxygen atoms in total. The number of aryl methyl sites for hydroxylation is 1. The molecule has 7 heteroatoms. The maximum Gasteiger partial charge on any atom is 0.416 e. The Morgan fingerprint density at radius 3 is 2.72 bits per heavy atom. The Kier molecular flexibility index (Phi) is 6.26. The molecule has 0 radical (unpaired) electrons. The summed E-state index contributed by atoms with van der Waals surface area (Å²) in [6.07, 6.45) is 1.03. The van der Waals surface area contributed by atoms with Crippen LogP contribution in [-0.2, 0) is 12.6 Å². The molecule has 1 aliphatic heterocycles. The smallest absolute Gasteiger partial charge is 0.338 e. The maximum absolute atomic E-state index is 13.1. The molecule has 2 aromatic heterocycles. The van der Waals surface area contributed by atoms with Gasteiger partial charge in [-0.25, -0.2) is 0 Å². The minimum atomic E-state index is -4.36. The largest absolute Gasteiger partial charge is 0.416 e. The van der Waals surface area contributed by atoms with Gasteiger partial charge in [-0.2, -0.15) is 13.2 Å². The summed E-state index contributed by atoms with van der Waals surface area (Å²) < 4.78 is 39.2. The van der Waals surface area contributed by atoms with Crippen LogP contribution in [0.2, 0.25) is 0 Å². The van der Waals surface area contributed by atoms with Crippen LogP contribution < -0.4 is 0 Å². The number of carbonyl (C=O) groups is 1. The molecule has 0 bridgehead atoms. The fourth-order valence-electron chi connectivity index (χ4n) is 4.25. The molecule has 32 heavy (non-hydrogen) atoms. The fourth-order valence-corrected chi connectivity index (χ4v) is 4.25. The van der Waals surface area contributed by atoms with Crippen molar-refractivity contribution in [2.75, 3.05) is 13.1 Å². The molecule has 166 valence electrons. The highest BCUT2D eigenvalue weighted by molar-refractivity contribution is 5.94. The molecule has 1 amide bonds. The third kappa shape index (κ3) is 5.15. The van der Waals surface area contributed by atoms with E-state index in [1.165, 1.54) is 12.1 Å². The number of piperidine rings is 1. The summed E-state index contributed by atoms with van der Waals surface area (Å²) in [5.74, 6) is 0.0455. The molecule has 4 rings (SSSR count). The Hall–Kier alpha value is -3.22. The van der Waals surface area contributed by atoms with E-state index in [-0.39, 0.29) is 11.8 Å². The molecule has 1 atom stereocenters. The van der Waals surface area contributed by atoms with E-state index in [1.807, 2.05) is 24.0 Å². The quantitative estimate of drug-likeness (QED) is 0.546. The van der Waals surface area contributed by atoms with Gasteiger partial charge in [-0.1, -0.05) is 18.2 Å². The summed E-state index contributed by atoms with van der Waals surface area (Å²) in [4.78, 5) is 23.4. The van der Waals surface area contributed by atoms with Gasteiger partial charge in [-0.3, -0.25) is 14.8 Å². The van der Waals surface area contributed by atoms with Crippen LogP contribution in [0.4, 0.5) is 13.2 Å². The fraction of sp³-hybridized carbons (Fsp3) is 0.320. The van der Waals surface area contributed by atoms with Crippen molar-refractivity contribution in [2.24, 2.45) is 0 Å². The van der Waals surface area contributed by atoms with Crippen LogP contribution in [-0.4, -0.2) is 33.9 Å². The average Bonchev–Trinajstić information content (AvgIpc) is 2.78. The van der Waals surface area contributed by atoms with Gasteiger partial charge >= 0.3 is 6.18 Å². The van der Waals surface area contributed by atoms with Crippen LogP contribution in [0, 0.1) is 6.92 Å². The van der Waals surface area contributed by atoms with E-state index in [9.17, 15) is 18.0 Å². The predicted molar refractivity (Wildman–Crippen MR) is 115 cm³/mol. The van der Waals surface area contributed by atoms with Crippen LogP contribution in [0.5, 0.6) is 0 Å². The van der Waals surface area contributed by atoms with Gasteiger partial charge in [0.05, 0.1) is 11.1 Å². The predicted octanol–water partition coefficient (Wildman–Crippen LogP) is 5.41. The number of amides is 1. The monoisotopic (exact) mass is 439 g/mol. The lowest BCUT2D eigenvalue weighted by molar-refractivity contribution is -0.137. The lowest BCUT2D eigenvalue weighted by Crippen LogP contribution is -2.39. The second-order valence-electron chi connectivity index (χ2n) is 8.25. The van der Waals surface area contributed by atoms with Crippen molar-refractivity contribution >= 4 is 5.91 Å². The topological polar surface area (TPSA) is 46.1 Å². The molecule has 1 saturated heterocycles. The van der Waals surface area contributed by atoms with Crippen LogP contribution >= 0.6 is 0 Å². The second-order valence-corrected chi connectivity index (χ2v) is 8.25. The van der Waals surface area contributed by atoms with E-state index in [0.29, 0.717) is 30.6 Å². The highest BCUT2D eigenvalue weighted by Gasteiger charge is 2.30. The van der Waals surface area contributed by atoms with Gasteiger partial charge < -0.3 is 4.90 Å². The second kappa shape index (κ2) is 9.10. The van der Waals surface area contributed by atoms with E-state index < -0.39 is 11.7 Å². The van der Waals surface area contributed by atoms with Crippen molar-refractivity contribution in [1.82, 2.24) is 14.9 Å². The molecule has 3 heterocycles. The van der Waals surface area contributed by atoms with Gasteiger partial charge in [0, 0.05) is 42.8 Å².